The summed E-state index contributed by atoms with van der Waals surface area (Å²) in [5, 5.41) is 1.89. The molecule has 2 aromatic heterocycles. The first-order valence-electron chi connectivity index (χ1n) is 6.19. The van der Waals surface area contributed by atoms with Gasteiger partial charge in [-0.05, 0) is 25.1 Å². The van der Waals surface area contributed by atoms with Gasteiger partial charge >= 0.3 is 0 Å². The summed E-state index contributed by atoms with van der Waals surface area (Å²) < 4.78 is 14.8. The average Bonchev–Trinajstić information content (AvgIpc) is 2.82. The lowest BCUT2D eigenvalue weighted by Crippen LogP contribution is -2.14. The number of nitrogens with two attached hydrogens (primary N) is 1. The molecule has 0 atom stereocenters. The Morgan fingerprint density at radius 1 is 1.43 bits per heavy atom. The number of rotatable bonds is 3. The zero-order valence-corrected chi connectivity index (χ0v) is 12.8. The summed E-state index contributed by atoms with van der Waals surface area (Å²) in [6.07, 6.45) is 0. The van der Waals surface area contributed by atoms with Crippen LogP contribution < -0.4 is 11.3 Å². The molecule has 2 heterocycles. The van der Waals surface area contributed by atoms with Gasteiger partial charge in [-0.25, -0.2) is 9.37 Å². The molecule has 0 aliphatic rings. The molecule has 0 aliphatic carbocycles. The van der Waals surface area contributed by atoms with Gasteiger partial charge in [0.2, 0.25) is 0 Å². The van der Waals surface area contributed by atoms with E-state index >= 15 is 0 Å². The van der Waals surface area contributed by atoms with Crippen molar-refractivity contribution in [2.45, 2.75) is 17.6 Å². The average molecular weight is 321 g/mol. The standard InChI is InChI=1S/C14H12FN3OS2/c1-8-6-21-14-17-10(5-13(19)18(8)14)7-20-12-4-9(15)2-3-11(12)16/h2-6H,7,16H2,1H3. The summed E-state index contributed by atoms with van der Waals surface area (Å²) >= 11 is 2.79. The largest absolute Gasteiger partial charge is 0.398 e. The van der Waals surface area contributed by atoms with E-state index in [4.69, 9.17) is 5.73 Å². The minimum Gasteiger partial charge on any atom is -0.398 e. The number of thioether (sulfide) groups is 1. The van der Waals surface area contributed by atoms with Crippen LogP contribution in [-0.4, -0.2) is 9.38 Å². The summed E-state index contributed by atoms with van der Waals surface area (Å²) in [5.41, 5.74) is 7.77. The minimum absolute atomic E-state index is 0.0958. The lowest BCUT2D eigenvalue weighted by Gasteiger charge is -2.05. The van der Waals surface area contributed by atoms with Crippen LogP contribution in [0, 0.1) is 12.7 Å². The van der Waals surface area contributed by atoms with Gasteiger partial charge in [0.1, 0.15) is 5.82 Å². The van der Waals surface area contributed by atoms with E-state index in [-0.39, 0.29) is 11.4 Å². The highest BCUT2D eigenvalue weighted by Crippen LogP contribution is 2.28. The molecule has 0 spiro atoms. The van der Waals surface area contributed by atoms with E-state index in [0.717, 1.165) is 5.69 Å². The van der Waals surface area contributed by atoms with Crippen LogP contribution in [0.2, 0.25) is 0 Å². The number of anilines is 1. The maximum atomic E-state index is 13.2. The molecular weight excluding hydrogens is 309 g/mol. The fraction of sp³-hybridized carbons (Fsp3) is 0.143. The van der Waals surface area contributed by atoms with Gasteiger partial charge in [-0.3, -0.25) is 9.20 Å². The molecule has 7 heteroatoms. The summed E-state index contributed by atoms with van der Waals surface area (Å²) in [4.78, 5) is 17.8. The van der Waals surface area contributed by atoms with E-state index < -0.39 is 0 Å². The Morgan fingerprint density at radius 2 is 2.24 bits per heavy atom. The third-order valence-electron chi connectivity index (χ3n) is 2.98. The number of aromatic nitrogens is 2. The van der Waals surface area contributed by atoms with E-state index in [0.29, 0.717) is 27.0 Å². The van der Waals surface area contributed by atoms with E-state index in [1.165, 1.54) is 47.4 Å². The first kappa shape index (κ1) is 14.1. The second-order valence-electron chi connectivity index (χ2n) is 4.55. The Hall–Kier alpha value is -1.86. The van der Waals surface area contributed by atoms with E-state index in [1.54, 1.807) is 4.40 Å². The molecule has 21 heavy (non-hydrogen) atoms. The van der Waals surface area contributed by atoms with Crippen molar-refractivity contribution in [1.29, 1.82) is 0 Å². The van der Waals surface area contributed by atoms with Crippen LogP contribution >= 0.6 is 23.1 Å². The Bertz CT molecular complexity index is 872. The lowest BCUT2D eigenvalue weighted by atomic mass is 10.3. The molecule has 0 fully saturated rings. The molecule has 3 aromatic rings. The van der Waals surface area contributed by atoms with Crippen LogP contribution in [0.3, 0.4) is 0 Å². The predicted molar refractivity (Wildman–Crippen MR) is 84.4 cm³/mol. The van der Waals surface area contributed by atoms with Crippen LogP contribution in [0.15, 0.2) is 39.3 Å². The number of benzene rings is 1. The molecule has 108 valence electrons. The van der Waals surface area contributed by atoms with Crippen molar-refractivity contribution in [3.05, 3.63) is 57.2 Å². The minimum atomic E-state index is -0.330. The van der Waals surface area contributed by atoms with E-state index in [9.17, 15) is 9.18 Å². The number of nitrogen functional groups attached to an aromatic ring is 1. The molecule has 0 bridgehead atoms. The second-order valence-corrected chi connectivity index (χ2v) is 6.41. The molecule has 3 rings (SSSR count). The highest BCUT2D eigenvalue weighted by molar-refractivity contribution is 7.98. The molecule has 2 N–H and O–H groups in total. The summed E-state index contributed by atoms with van der Waals surface area (Å²) in [5.74, 6) is 0.139. The van der Waals surface area contributed by atoms with Gasteiger partial charge in [0, 0.05) is 33.5 Å². The van der Waals surface area contributed by atoms with Gasteiger partial charge in [0.25, 0.3) is 5.56 Å². The fourth-order valence-corrected chi connectivity index (χ4v) is 3.73. The zero-order chi connectivity index (χ0) is 15.0. The van der Waals surface area contributed by atoms with Crippen molar-refractivity contribution in [2.75, 3.05) is 5.73 Å². The van der Waals surface area contributed by atoms with Crippen LogP contribution in [0.5, 0.6) is 0 Å². The smallest absolute Gasteiger partial charge is 0.258 e. The number of nitrogens with zero attached hydrogens (tertiary/aromatic N) is 2. The summed E-state index contributed by atoms with van der Waals surface area (Å²) in [6.45, 7) is 1.87. The predicted octanol–water partition coefficient (Wildman–Crippen LogP) is 3.08. The normalized spacial score (nSPS) is 11.1. The number of thiazole rings is 1. The van der Waals surface area contributed by atoms with Crippen molar-refractivity contribution >= 4 is 33.7 Å². The zero-order valence-electron chi connectivity index (χ0n) is 11.2. The number of fused-ring (bicyclic) bond motifs is 1. The summed E-state index contributed by atoms with van der Waals surface area (Å²) in [7, 11) is 0. The second kappa shape index (κ2) is 5.50. The molecular formula is C14H12FN3OS2. The molecule has 0 saturated heterocycles. The van der Waals surface area contributed by atoms with Gasteiger partial charge in [-0.15, -0.1) is 23.1 Å². The van der Waals surface area contributed by atoms with Crippen LogP contribution in [0.4, 0.5) is 10.1 Å². The number of halogens is 1. The first-order valence-corrected chi connectivity index (χ1v) is 8.06. The van der Waals surface area contributed by atoms with Crippen molar-refractivity contribution < 1.29 is 4.39 Å². The Labute approximate surface area is 128 Å². The van der Waals surface area contributed by atoms with Gasteiger partial charge in [-0.1, -0.05) is 0 Å². The van der Waals surface area contributed by atoms with Crippen LogP contribution in [0.25, 0.3) is 4.96 Å². The van der Waals surface area contributed by atoms with Crippen LogP contribution in [0.1, 0.15) is 11.4 Å². The molecule has 0 saturated carbocycles. The molecule has 0 radical (unpaired) electrons. The van der Waals surface area contributed by atoms with Gasteiger partial charge in [-0.2, -0.15) is 0 Å². The molecule has 1 aromatic carbocycles. The molecule has 0 amide bonds. The topological polar surface area (TPSA) is 60.4 Å². The fourth-order valence-electron chi connectivity index (χ4n) is 1.96. The van der Waals surface area contributed by atoms with E-state index in [1.807, 2.05) is 12.3 Å². The highest BCUT2D eigenvalue weighted by Gasteiger charge is 2.08. The third kappa shape index (κ3) is 2.79. The highest BCUT2D eigenvalue weighted by atomic mass is 32.2. The number of hydrogen-bond acceptors (Lipinski definition) is 5. The van der Waals surface area contributed by atoms with Crippen molar-refractivity contribution in [3.8, 4) is 0 Å². The monoisotopic (exact) mass is 321 g/mol. The van der Waals surface area contributed by atoms with Crippen molar-refractivity contribution in [3.63, 3.8) is 0 Å². The molecule has 4 nitrogen and oxygen atoms in total. The SMILES string of the molecule is Cc1csc2nc(CSc3cc(F)ccc3N)cc(=O)n12. The van der Waals surface area contributed by atoms with Gasteiger partial charge in [0.15, 0.2) is 4.96 Å². The maximum absolute atomic E-state index is 13.2. The Kier molecular flexibility index (Phi) is 3.69. The van der Waals surface area contributed by atoms with E-state index in [2.05, 4.69) is 4.98 Å². The maximum Gasteiger partial charge on any atom is 0.258 e. The van der Waals surface area contributed by atoms with Crippen LogP contribution in [-0.2, 0) is 5.75 Å². The third-order valence-corrected chi connectivity index (χ3v) is 5.03. The lowest BCUT2D eigenvalue weighted by molar-refractivity contribution is 0.624. The van der Waals surface area contributed by atoms with Crippen molar-refractivity contribution in [2.24, 2.45) is 0 Å². The molecule has 0 unspecified atom stereocenters. The summed E-state index contributed by atoms with van der Waals surface area (Å²) in [6, 6.07) is 5.76. The van der Waals surface area contributed by atoms with Crippen molar-refractivity contribution in [1.82, 2.24) is 9.38 Å². The first-order chi connectivity index (χ1) is 10.0. The quantitative estimate of drug-likeness (QED) is 0.595. The number of aryl methyl sites for hydroxylation is 1. The van der Waals surface area contributed by atoms with Gasteiger partial charge in [0.05, 0.1) is 5.69 Å². The molecule has 0 aliphatic heterocycles. The van der Waals surface area contributed by atoms with Gasteiger partial charge < -0.3 is 5.73 Å². The number of hydrogen-bond donors (Lipinski definition) is 1. The Balaban J connectivity index is 1.88. The Morgan fingerprint density at radius 3 is 3.05 bits per heavy atom.